The summed E-state index contributed by atoms with van der Waals surface area (Å²) in [4.78, 5) is 11.8. The largest absolute Gasteiger partial charge is 0.497 e. The van der Waals surface area contributed by atoms with Crippen LogP contribution in [0.15, 0.2) is 18.2 Å². The third-order valence-electron chi connectivity index (χ3n) is 4.28. The smallest absolute Gasteiger partial charge is 0.314 e. The molecule has 19 heavy (non-hydrogen) atoms. The van der Waals surface area contributed by atoms with Gasteiger partial charge in [0, 0.05) is 0 Å². The lowest BCUT2D eigenvalue weighted by molar-refractivity contribution is -0.145. The van der Waals surface area contributed by atoms with Crippen molar-refractivity contribution in [3.8, 4) is 5.75 Å². The Morgan fingerprint density at radius 1 is 1.26 bits per heavy atom. The number of carboxylic acids is 1. The number of methoxy groups -OCH3 is 1. The van der Waals surface area contributed by atoms with Crippen molar-refractivity contribution in [1.82, 2.24) is 0 Å². The molecule has 1 N–H and O–H groups in total. The number of carbonyl (C=O) groups is 1. The molecule has 104 valence electrons. The summed E-state index contributed by atoms with van der Waals surface area (Å²) in [5.41, 5.74) is 1.34. The lowest BCUT2D eigenvalue weighted by Crippen LogP contribution is -2.37. The molecule has 0 aliphatic heterocycles. The van der Waals surface area contributed by atoms with E-state index < -0.39 is 11.4 Å². The van der Waals surface area contributed by atoms with E-state index >= 15 is 0 Å². The zero-order chi connectivity index (χ0) is 13.9. The van der Waals surface area contributed by atoms with Crippen molar-refractivity contribution < 1.29 is 14.6 Å². The third kappa shape index (κ3) is 2.60. The fourth-order valence-corrected chi connectivity index (χ4v) is 3.04. The zero-order valence-corrected chi connectivity index (χ0v) is 11.7. The Balaban J connectivity index is 2.49. The maximum absolute atomic E-state index is 11.8. The summed E-state index contributed by atoms with van der Waals surface area (Å²) in [7, 11) is 1.63. The number of aliphatic carboxylic acids is 1. The Hall–Kier alpha value is -1.51. The monoisotopic (exact) mass is 262 g/mol. The molecule has 1 aromatic rings. The summed E-state index contributed by atoms with van der Waals surface area (Å²) in [5.74, 6) is 0.0723. The minimum absolute atomic E-state index is 0.692. The standard InChI is InChI=1S/C16H22O3/c1-3-12-9-13(11-14(10-12)19-2)16(15(17)18)7-5-4-6-8-16/h9-11H,3-8H2,1-2H3,(H,17,18). The third-order valence-corrected chi connectivity index (χ3v) is 4.28. The van der Waals surface area contributed by atoms with Crippen molar-refractivity contribution in [2.24, 2.45) is 0 Å². The zero-order valence-electron chi connectivity index (χ0n) is 11.7. The van der Waals surface area contributed by atoms with Gasteiger partial charge in [-0.1, -0.05) is 32.3 Å². The summed E-state index contributed by atoms with van der Waals surface area (Å²) >= 11 is 0. The minimum atomic E-state index is -0.712. The van der Waals surface area contributed by atoms with E-state index in [0.29, 0.717) is 0 Å². The van der Waals surface area contributed by atoms with E-state index in [1.807, 2.05) is 18.2 Å². The lowest BCUT2D eigenvalue weighted by Gasteiger charge is -2.34. The van der Waals surface area contributed by atoms with Crippen LogP contribution in [0.3, 0.4) is 0 Å². The highest BCUT2D eigenvalue weighted by molar-refractivity contribution is 5.81. The molecule has 0 atom stereocenters. The van der Waals surface area contributed by atoms with Gasteiger partial charge in [-0.15, -0.1) is 0 Å². The molecule has 0 unspecified atom stereocenters. The number of benzene rings is 1. The van der Waals surface area contributed by atoms with Crippen LogP contribution in [0.4, 0.5) is 0 Å². The Labute approximate surface area is 114 Å². The average molecular weight is 262 g/mol. The normalized spacial score (nSPS) is 18.0. The fraction of sp³-hybridized carbons (Fsp3) is 0.562. The summed E-state index contributed by atoms with van der Waals surface area (Å²) in [6.45, 7) is 2.08. The second kappa shape index (κ2) is 5.64. The first kappa shape index (κ1) is 13.9. The molecule has 0 bridgehead atoms. The van der Waals surface area contributed by atoms with Crippen molar-refractivity contribution in [3.05, 3.63) is 29.3 Å². The van der Waals surface area contributed by atoms with Crippen LogP contribution in [0, 0.1) is 0 Å². The molecule has 1 aromatic carbocycles. The van der Waals surface area contributed by atoms with Crippen molar-refractivity contribution >= 4 is 5.97 Å². The van der Waals surface area contributed by atoms with Gasteiger partial charge in [-0.05, 0) is 42.5 Å². The number of rotatable bonds is 4. The number of carboxylic acid groups (broad SMARTS) is 1. The van der Waals surface area contributed by atoms with Gasteiger partial charge in [-0.3, -0.25) is 4.79 Å². The molecular weight excluding hydrogens is 240 g/mol. The van der Waals surface area contributed by atoms with Crippen molar-refractivity contribution in [3.63, 3.8) is 0 Å². The highest BCUT2D eigenvalue weighted by atomic mass is 16.5. The van der Waals surface area contributed by atoms with Crippen LogP contribution in [0.25, 0.3) is 0 Å². The van der Waals surface area contributed by atoms with Gasteiger partial charge in [-0.2, -0.15) is 0 Å². The maximum atomic E-state index is 11.8. The molecule has 0 saturated heterocycles. The van der Waals surface area contributed by atoms with Crippen LogP contribution in [0.1, 0.15) is 50.2 Å². The molecule has 1 saturated carbocycles. The Morgan fingerprint density at radius 3 is 2.47 bits per heavy atom. The van der Waals surface area contributed by atoms with Gasteiger partial charge in [-0.25, -0.2) is 0 Å². The van der Waals surface area contributed by atoms with Gasteiger partial charge in [0.25, 0.3) is 0 Å². The van der Waals surface area contributed by atoms with Gasteiger partial charge in [0.05, 0.1) is 12.5 Å². The van der Waals surface area contributed by atoms with Gasteiger partial charge in [0.15, 0.2) is 0 Å². The van der Waals surface area contributed by atoms with Crippen LogP contribution in [0.2, 0.25) is 0 Å². The van der Waals surface area contributed by atoms with E-state index in [2.05, 4.69) is 6.92 Å². The number of aryl methyl sites for hydroxylation is 1. The van der Waals surface area contributed by atoms with Gasteiger partial charge in [0.1, 0.15) is 5.75 Å². The summed E-state index contributed by atoms with van der Waals surface area (Å²) in [5, 5.41) is 9.73. The number of hydrogen-bond donors (Lipinski definition) is 1. The van der Waals surface area contributed by atoms with E-state index in [9.17, 15) is 9.90 Å². The molecule has 1 fully saturated rings. The molecular formula is C16H22O3. The molecule has 0 amide bonds. The molecule has 1 aliphatic carbocycles. The van der Waals surface area contributed by atoms with E-state index in [1.54, 1.807) is 7.11 Å². The van der Waals surface area contributed by atoms with E-state index in [4.69, 9.17) is 4.74 Å². The summed E-state index contributed by atoms with van der Waals surface area (Å²) in [6, 6.07) is 5.93. The quantitative estimate of drug-likeness (QED) is 0.902. The second-order valence-corrected chi connectivity index (χ2v) is 5.37. The van der Waals surface area contributed by atoms with Gasteiger partial charge >= 0.3 is 5.97 Å². The topological polar surface area (TPSA) is 46.5 Å². The number of hydrogen-bond acceptors (Lipinski definition) is 2. The predicted molar refractivity (Wildman–Crippen MR) is 74.8 cm³/mol. The molecule has 0 aromatic heterocycles. The Morgan fingerprint density at radius 2 is 1.95 bits per heavy atom. The first-order chi connectivity index (χ1) is 9.12. The van der Waals surface area contributed by atoms with Crippen molar-refractivity contribution in [1.29, 1.82) is 0 Å². The molecule has 2 rings (SSSR count). The van der Waals surface area contributed by atoms with Crippen LogP contribution in [-0.4, -0.2) is 18.2 Å². The van der Waals surface area contributed by atoms with Gasteiger partial charge in [0.2, 0.25) is 0 Å². The van der Waals surface area contributed by atoms with Crippen molar-refractivity contribution in [2.45, 2.75) is 50.9 Å². The highest BCUT2D eigenvalue weighted by Crippen LogP contribution is 2.41. The summed E-state index contributed by atoms with van der Waals surface area (Å²) in [6.07, 6.45) is 5.48. The molecule has 1 aliphatic rings. The Kier molecular flexibility index (Phi) is 4.13. The predicted octanol–water partition coefficient (Wildman–Crippen LogP) is 3.54. The maximum Gasteiger partial charge on any atom is 0.314 e. The average Bonchev–Trinajstić information content (AvgIpc) is 2.47. The van der Waals surface area contributed by atoms with E-state index in [0.717, 1.165) is 55.4 Å². The molecule has 0 spiro atoms. The Bertz CT molecular complexity index is 437. The fourth-order valence-electron chi connectivity index (χ4n) is 3.04. The first-order valence-corrected chi connectivity index (χ1v) is 7.04. The molecule has 3 nitrogen and oxygen atoms in total. The van der Waals surface area contributed by atoms with Crippen LogP contribution < -0.4 is 4.74 Å². The van der Waals surface area contributed by atoms with Crippen LogP contribution in [-0.2, 0) is 16.6 Å². The minimum Gasteiger partial charge on any atom is -0.497 e. The molecule has 3 heteroatoms. The molecule has 0 heterocycles. The number of ether oxygens (including phenoxy) is 1. The molecule has 0 radical (unpaired) electrons. The lowest BCUT2D eigenvalue weighted by atomic mass is 9.69. The highest BCUT2D eigenvalue weighted by Gasteiger charge is 2.41. The van der Waals surface area contributed by atoms with E-state index in [-0.39, 0.29) is 0 Å². The first-order valence-electron chi connectivity index (χ1n) is 7.04. The summed E-state index contributed by atoms with van der Waals surface area (Å²) < 4.78 is 5.32. The van der Waals surface area contributed by atoms with Gasteiger partial charge < -0.3 is 9.84 Å². The SMILES string of the molecule is CCc1cc(OC)cc(C2(C(=O)O)CCCCC2)c1. The van der Waals surface area contributed by atoms with E-state index in [1.165, 1.54) is 0 Å². The van der Waals surface area contributed by atoms with Crippen molar-refractivity contribution in [2.75, 3.05) is 7.11 Å². The second-order valence-electron chi connectivity index (χ2n) is 5.37. The van der Waals surface area contributed by atoms with Crippen LogP contribution >= 0.6 is 0 Å². The van der Waals surface area contributed by atoms with Crippen LogP contribution in [0.5, 0.6) is 5.75 Å².